The molecule has 0 aliphatic rings. The van der Waals surface area contributed by atoms with Crippen LogP contribution >= 0.6 is 0 Å². The quantitative estimate of drug-likeness (QED) is 0.739. The number of carbonyl (C=O) groups excluding carboxylic acids is 2. The Morgan fingerprint density at radius 3 is 2.44 bits per heavy atom. The zero-order valence-electron chi connectivity index (χ0n) is 14.5. The highest BCUT2D eigenvalue weighted by atomic mass is 16.5. The lowest BCUT2D eigenvalue weighted by Gasteiger charge is -2.09. The van der Waals surface area contributed by atoms with Crippen LogP contribution in [-0.2, 0) is 16.1 Å². The molecule has 128 valence electrons. The number of fused-ring (bicyclic) bond motifs is 1. The van der Waals surface area contributed by atoms with E-state index in [9.17, 15) is 9.59 Å². The first-order chi connectivity index (χ1) is 12.0. The Labute approximate surface area is 146 Å². The molecule has 1 aromatic heterocycles. The number of hydrogen-bond acceptors (Lipinski definition) is 3. The van der Waals surface area contributed by atoms with E-state index in [1.165, 1.54) is 7.11 Å². The van der Waals surface area contributed by atoms with Gasteiger partial charge in [0.15, 0.2) is 0 Å². The molecular formula is C20H20N2O3. The van der Waals surface area contributed by atoms with Crippen molar-refractivity contribution in [1.29, 1.82) is 0 Å². The molecule has 0 unspecified atom stereocenters. The topological polar surface area (TPSA) is 60.3 Å². The Morgan fingerprint density at radius 1 is 1.08 bits per heavy atom. The Bertz CT molecular complexity index is 936. The van der Waals surface area contributed by atoms with Crippen LogP contribution in [0.2, 0.25) is 0 Å². The van der Waals surface area contributed by atoms with E-state index >= 15 is 0 Å². The van der Waals surface area contributed by atoms with Crippen LogP contribution in [0.1, 0.15) is 21.5 Å². The van der Waals surface area contributed by atoms with E-state index in [2.05, 4.69) is 11.4 Å². The molecule has 1 amide bonds. The highest BCUT2D eigenvalue weighted by Gasteiger charge is 2.16. The van der Waals surface area contributed by atoms with Crippen LogP contribution in [0.5, 0.6) is 0 Å². The molecule has 0 radical (unpaired) electrons. The zero-order chi connectivity index (χ0) is 18.0. The van der Waals surface area contributed by atoms with Gasteiger partial charge in [-0.3, -0.25) is 4.79 Å². The highest BCUT2D eigenvalue weighted by molar-refractivity contribution is 6.05. The van der Waals surface area contributed by atoms with Crippen LogP contribution in [-0.4, -0.2) is 23.6 Å². The Kier molecular flexibility index (Phi) is 4.57. The minimum absolute atomic E-state index is 0.116. The van der Waals surface area contributed by atoms with Crippen molar-refractivity contribution in [3.05, 3.63) is 65.4 Å². The van der Waals surface area contributed by atoms with Crippen molar-refractivity contribution in [1.82, 2.24) is 4.57 Å². The van der Waals surface area contributed by atoms with E-state index < -0.39 is 5.97 Å². The minimum Gasteiger partial charge on any atom is -0.465 e. The maximum atomic E-state index is 12.4. The third-order valence-corrected chi connectivity index (χ3v) is 4.01. The molecule has 1 N–H and O–H groups in total. The molecule has 0 saturated heterocycles. The average molecular weight is 336 g/mol. The van der Waals surface area contributed by atoms with Gasteiger partial charge in [-0.25, -0.2) is 4.79 Å². The van der Waals surface area contributed by atoms with Gasteiger partial charge in [-0.2, -0.15) is 0 Å². The molecule has 5 heteroatoms. The first kappa shape index (κ1) is 16.8. The summed E-state index contributed by atoms with van der Waals surface area (Å²) in [4.78, 5) is 24.4. The third-order valence-electron chi connectivity index (χ3n) is 4.01. The molecule has 0 spiro atoms. The number of aromatic nitrogens is 1. The monoisotopic (exact) mass is 336 g/mol. The second kappa shape index (κ2) is 6.81. The summed E-state index contributed by atoms with van der Waals surface area (Å²) in [6.45, 7) is 4.10. The van der Waals surface area contributed by atoms with Crippen LogP contribution in [0.3, 0.4) is 0 Å². The number of esters is 1. The predicted molar refractivity (Wildman–Crippen MR) is 97.8 cm³/mol. The predicted octanol–water partition coefficient (Wildman–Crippen LogP) is 3.68. The molecular weight excluding hydrogens is 316 g/mol. The van der Waals surface area contributed by atoms with E-state index in [4.69, 9.17) is 4.74 Å². The van der Waals surface area contributed by atoms with E-state index in [-0.39, 0.29) is 12.5 Å². The summed E-state index contributed by atoms with van der Waals surface area (Å²) in [5.74, 6) is -0.563. The van der Waals surface area contributed by atoms with Crippen molar-refractivity contribution in [3.8, 4) is 0 Å². The summed E-state index contributed by atoms with van der Waals surface area (Å²) >= 11 is 0. The second-order valence-electron chi connectivity index (χ2n) is 6.10. The first-order valence-corrected chi connectivity index (χ1v) is 8.02. The van der Waals surface area contributed by atoms with Gasteiger partial charge in [0.1, 0.15) is 6.54 Å². The number of aryl methyl sites for hydroxylation is 2. The van der Waals surface area contributed by atoms with E-state index in [1.54, 1.807) is 10.8 Å². The maximum absolute atomic E-state index is 12.4. The Balaban J connectivity index is 1.87. The molecule has 2 aromatic carbocycles. The number of rotatable bonds is 4. The van der Waals surface area contributed by atoms with Gasteiger partial charge in [-0.05, 0) is 43.2 Å². The normalized spacial score (nSPS) is 10.7. The minimum atomic E-state index is -0.412. The standard InChI is InChI=1S/C20H20N2O3/c1-13-8-14(2)10-15(9-13)21-19(23)12-22-11-17(20(24)25-3)16-6-4-5-7-18(16)22/h4-11H,12H2,1-3H3,(H,21,23). The largest absolute Gasteiger partial charge is 0.465 e. The summed E-state index contributed by atoms with van der Waals surface area (Å²) in [6, 6.07) is 13.4. The maximum Gasteiger partial charge on any atom is 0.340 e. The lowest BCUT2D eigenvalue weighted by Crippen LogP contribution is -2.18. The fourth-order valence-electron chi connectivity index (χ4n) is 3.05. The molecule has 0 saturated carbocycles. The van der Waals surface area contributed by atoms with Crippen LogP contribution in [0.25, 0.3) is 10.9 Å². The van der Waals surface area contributed by atoms with Crippen molar-refractivity contribution in [3.63, 3.8) is 0 Å². The molecule has 0 atom stereocenters. The van der Waals surface area contributed by atoms with Gasteiger partial charge >= 0.3 is 5.97 Å². The van der Waals surface area contributed by atoms with Crippen LogP contribution in [0.4, 0.5) is 5.69 Å². The summed E-state index contributed by atoms with van der Waals surface area (Å²) in [5, 5.41) is 3.69. The molecule has 0 aliphatic carbocycles. The molecule has 0 bridgehead atoms. The first-order valence-electron chi connectivity index (χ1n) is 8.02. The molecule has 3 rings (SSSR count). The zero-order valence-corrected chi connectivity index (χ0v) is 14.5. The van der Waals surface area contributed by atoms with E-state index in [0.29, 0.717) is 5.56 Å². The molecule has 3 aromatic rings. The molecule has 0 fully saturated rings. The molecule has 25 heavy (non-hydrogen) atoms. The van der Waals surface area contributed by atoms with Crippen LogP contribution < -0.4 is 5.32 Å². The van der Waals surface area contributed by atoms with Crippen molar-refractivity contribution in [2.45, 2.75) is 20.4 Å². The number of carbonyl (C=O) groups is 2. The number of methoxy groups -OCH3 is 1. The van der Waals surface area contributed by atoms with Crippen molar-refractivity contribution >= 4 is 28.5 Å². The lowest BCUT2D eigenvalue weighted by molar-refractivity contribution is -0.116. The Hall–Kier alpha value is -3.08. The third kappa shape index (κ3) is 3.55. The van der Waals surface area contributed by atoms with Gasteiger partial charge in [0.25, 0.3) is 0 Å². The van der Waals surface area contributed by atoms with Crippen molar-refractivity contribution in [2.75, 3.05) is 12.4 Å². The number of hydrogen-bond donors (Lipinski definition) is 1. The van der Waals surface area contributed by atoms with Crippen LogP contribution in [0, 0.1) is 13.8 Å². The van der Waals surface area contributed by atoms with Gasteiger partial charge < -0.3 is 14.6 Å². The van der Waals surface area contributed by atoms with Gasteiger partial charge in [0, 0.05) is 22.8 Å². The van der Waals surface area contributed by atoms with Crippen molar-refractivity contribution < 1.29 is 14.3 Å². The number of ether oxygens (including phenoxy) is 1. The molecule has 5 nitrogen and oxygen atoms in total. The Morgan fingerprint density at radius 2 is 1.76 bits per heavy atom. The smallest absolute Gasteiger partial charge is 0.340 e. The average Bonchev–Trinajstić information content (AvgIpc) is 2.92. The van der Waals surface area contributed by atoms with Gasteiger partial charge in [0.05, 0.1) is 12.7 Å². The van der Waals surface area contributed by atoms with Crippen LogP contribution in [0.15, 0.2) is 48.7 Å². The van der Waals surface area contributed by atoms with Gasteiger partial charge in [-0.1, -0.05) is 24.3 Å². The summed E-state index contributed by atoms with van der Waals surface area (Å²) in [7, 11) is 1.35. The van der Waals surface area contributed by atoms with Crippen molar-refractivity contribution in [2.24, 2.45) is 0 Å². The SMILES string of the molecule is COC(=O)c1cn(CC(=O)Nc2cc(C)cc(C)c2)c2ccccc12. The number of nitrogens with one attached hydrogen (secondary N) is 1. The number of nitrogens with zero attached hydrogens (tertiary/aromatic N) is 1. The molecule has 1 heterocycles. The summed E-state index contributed by atoms with van der Waals surface area (Å²) in [6.07, 6.45) is 1.66. The van der Waals surface area contributed by atoms with Gasteiger partial charge in [0.2, 0.25) is 5.91 Å². The summed E-state index contributed by atoms with van der Waals surface area (Å²) < 4.78 is 6.60. The van der Waals surface area contributed by atoms with E-state index in [0.717, 1.165) is 27.7 Å². The fraction of sp³-hybridized carbons (Fsp3) is 0.200. The van der Waals surface area contributed by atoms with Gasteiger partial charge in [-0.15, -0.1) is 0 Å². The summed E-state index contributed by atoms with van der Waals surface area (Å²) in [5.41, 5.74) is 4.23. The number of para-hydroxylation sites is 1. The fourth-order valence-corrected chi connectivity index (χ4v) is 3.05. The number of anilines is 1. The number of amides is 1. The van der Waals surface area contributed by atoms with E-state index in [1.807, 2.05) is 50.2 Å². The molecule has 0 aliphatic heterocycles. The highest BCUT2D eigenvalue weighted by Crippen LogP contribution is 2.22. The second-order valence-corrected chi connectivity index (χ2v) is 6.10. The number of benzene rings is 2. The lowest BCUT2D eigenvalue weighted by atomic mass is 10.1.